The molecule has 0 radical (unpaired) electrons. The maximum Gasteiger partial charge on any atom is 0.151 e. The molecular formula is C14H21NO2S. The zero-order valence-electron chi connectivity index (χ0n) is 10.9. The van der Waals surface area contributed by atoms with Gasteiger partial charge in [-0.3, -0.25) is 0 Å². The van der Waals surface area contributed by atoms with Crippen molar-refractivity contribution >= 4 is 15.5 Å². The van der Waals surface area contributed by atoms with Crippen molar-refractivity contribution in [2.24, 2.45) is 0 Å². The number of hydrogen-bond donors (Lipinski definition) is 1. The molecule has 18 heavy (non-hydrogen) atoms. The molecule has 1 aliphatic rings. The first kappa shape index (κ1) is 13.4. The standard InChI is InChI=1S/C14H21NO2S/c1-2-18(16,17)11-10-15-14-9-5-7-12-6-3-4-8-13(12)14/h5,7,9,15H,2-4,6,8,10-11H2,1H3. The predicted octanol–water partition coefficient (Wildman–Crippen LogP) is 2.41. The van der Waals surface area contributed by atoms with E-state index in [1.807, 2.05) is 0 Å². The lowest BCUT2D eigenvalue weighted by molar-refractivity contribution is 0.597. The number of hydrogen-bond acceptors (Lipinski definition) is 3. The van der Waals surface area contributed by atoms with E-state index in [9.17, 15) is 8.42 Å². The fourth-order valence-corrected chi connectivity index (χ4v) is 3.13. The fourth-order valence-electron chi connectivity index (χ4n) is 2.43. The maximum absolute atomic E-state index is 11.4. The van der Waals surface area contributed by atoms with E-state index in [0.717, 1.165) is 18.5 Å². The number of rotatable bonds is 5. The third kappa shape index (κ3) is 3.25. The Balaban J connectivity index is 2.02. The highest BCUT2D eigenvalue weighted by Gasteiger charge is 2.13. The molecule has 0 amide bonds. The molecule has 0 aliphatic heterocycles. The van der Waals surface area contributed by atoms with Gasteiger partial charge in [-0.1, -0.05) is 19.1 Å². The largest absolute Gasteiger partial charge is 0.384 e. The third-order valence-corrected chi connectivity index (χ3v) is 5.27. The van der Waals surface area contributed by atoms with Gasteiger partial charge in [-0.25, -0.2) is 8.42 Å². The zero-order valence-corrected chi connectivity index (χ0v) is 11.7. The molecule has 0 bridgehead atoms. The Morgan fingerprint density at radius 2 is 2.00 bits per heavy atom. The third-order valence-electron chi connectivity index (χ3n) is 3.56. The summed E-state index contributed by atoms with van der Waals surface area (Å²) in [4.78, 5) is 0. The monoisotopic (exact) mass is 267 g/mol. The molecule has 0 saturated heterocycles. The predicted molar refractivity (Wildman–Crippen MR) is 75.9 cm³/mol. The normalized spacial score (nSPS) is 15.2. The van der Waals surface area contributed by atoms with E-state index >= 15 is 0 Å². The van der Waals surface area contributed by atoms with Crippen molar-refractivity contribution in [2.45, 2.75) is 32.6 Å². The van der Waals surface area contributed by atoms with Crippen molar-refractivity contribution in [3.63, 3.8) is 0 Å². The minimum atomic E-state index is -2.87. The summed E-state index contributed by atoms with van der Waals surface area (Å²) in [6.45, 7) is 2.20. The van der Waals surface area contributed by atoms with Crippen molar-refractivity contribution < 1.29 is 8.42 Å². The van der Waals surface area contributed by atoms with Gasteiger partial charge in [0, 0.05) is 18.0 Å². The molecule has 1 aromatic carbocycles. The number of sulfone groups is 1. The second-order valence-electron chi connectivity index (χ2n) is 4.81. The summed E-state index contributed by atoms with van der Waals surface area (Å²) in [5, 5.41) is 3.28. The SMILES string of the molecule is CCS(=O)(=O)CCNc1cccc2c1CCCC2. The summed E-state index contributed by atoms with van der Waals surface area (Å²) >= 11 is 0. The Bertz CT molecular complexity index is 509. The lowest BCUT2D eigenvalue weighted by atomic mass is 9.90. The molecule has 0 unspecified atom stereocenters. The second kappa shape index (κ2) is 5.74. The van der Waals surface area contributed by atoms with E-state index in [4.69, 9.17) is 0 Å². The lowest BCUT2D eigenvalue weighted by Crippen LogP contribution is -2.18. The highest BCUT2D eigenvalue weighted by molar-refractivity contribution is 7.91. The number of benzene rings is 1. The molecule has 1 N–H and O–H groups in total. The first-order chi connectivity index (χ1) is 8.62. The van der Waals surface area contributed by atoms with Crippen molar-refractivity contribution in [1.29, 1.82) is 0 Å². The van der Waals surface area contributed by atoms with Crippen LogP contribution in [-0.2, 0) is 22.7 Å². The lowest BCUT2D eigenvalue weighted by Gasteiger charge is -2.20. The zero-order chi connectivity index (χ0) is 13.0. The Labute approximate surface area is 110 Å². The molecule has 1 aliphatic carbocycles. The number of nitrogens with one attached hydrogen (secondary N) is 1. The maximum atomic E-state index is 11.4. The molecule has 0 fully saturated rings. The highest BCUT2D eigenvalue weighted by atomic mass is 32.2. The van der Waals surface area contributed by atoms with E-state index in [0.29, 0.717) is 6.54 Å². The van der Waals surface area contributed by atoms with Gasteiger partial charge in [0.15, 0.2) is 9.84 Å². The van der Waals surface area contributed by atoms with Gasteiger partial charge >= 0.3 is 0 Å². The van der Waals surface area contributed by atoms with Crippen LogP contribution < -0.4 is 5.32 Å². The van der Waals surface area contributed by atoms with Crippen LogP contribution in [0.3, 0.4) is 0 Å². The smallest absolute Gasteiger partial charge is 0.151 e. The molecule has 0 spiro atoms. The summed E-state index contributed by atoms with van der Waals surface area (Å²) in [6, 6.07) is 6.30. The van der Waals surface area contributed by atoms with Crippen LogP contribution in [0.15, 0.2) is 18.2 Å². The summed E-state index contributed by atoms with van der Waals surface area (Å²) < 4.78 is 22.9. The molecule has 4 heteroatoms. The van der Waals surface area contributed by atoms with Crippen LogP contribution in [0, 0.1) is 0 Å². The van der Waals surface area contributed by atoms with Crippen molar-refractivity contribution in [3.05, 3.63) is 29.3 Å². The summed E-state index contributed by atoms with van der Waals surface area (Å²) in [7, 11) is -2.87. The van der Waals surface area contributed by atoms with Gasteiger partial charge in [-0.05, 0) is 42.9 Å². The number of aryl methyl sites for hydroxylation is 1. The Morgan fingerprint density at radius 1 is 1.22 bits per heavy atom. The van der Waals surface area contributed by atoms with E-state index < -0.39 is 9.84 Å². The van der Waals surface area contributed by atoms with Gasteiger partial charge < -0.3 is 5.32 Å². The molecule has 0 heterocycles. The van der Waals surface area contributed by atoms with Crippen molar-refractivity contribution in [2.75, 3.05) is 23.4 Å². The molecule has 100 valence electrons. The summed E-state index contributed by atoms with van der Waals surface area (Å²) in [6.07, 6.45) is 4.76. The van der Waals surface area contributed by atoms with E-state index in [-0.39, 0.29) is 11.5 Å². The van der Waals surface area contributed by atoms with Gasteiger partial charge in [-0.2, -0.15) is 0 Å². The van der Waals surface area contributed by atoms with Crippen LogP contribution >= 0.6 is 0 Å². The van der Waals surface area contributed by atoms with E-state index in [1.165, 1.54) is 24.0 Å². The van der Waals surface area contributed by atoms with E-state index in [1.54, 1.807) is 6.92 Å². The summed E-state index contributed by atoms with van der Waals surface area (Å²) in [5.41, 5.74) is 3.93. The minimum Gasteiger partial charge on any atom is -0.384 e. The average molecular weight is 267 g/mol. The fraction of sp³-hybridized carbons (Fsp3) is 0.571. The van der Waals surface area contributed by atoms with Crippen LogP contribution in [0.5, 0.6) is 0 Å². The first-order valence-electron chi connectivity index (χ1n) is 6.67. The highest BCUT2D eigenvalue weighted by Crippen LogP contribution is 2.27. The van der Waals surface area contributed by atoms with Gasteiger partial charge in [0.1, 0.15) is 0 Å². The topological polar surface area (TPSA) is 46.2 Å². The Hall–Kier alpha value is -1.03. The quantitative estimate of drug-likeness (QED) is 0.891. The number of fused-ring (bicyclic) bond motifs is 1. The summed E-state index contributed by atoms with van der Waals surface area (Å²) in [5.74, 6) is 0.439. The second-order valence-corrected chi connectivity index (χ2v) is 7.29. The average Bonchev–Trinajstić information content (AvgIpc) is 2.39. The van der Waals surface area contributed by atoms with Gasteiger partial charge in [0.05, 0.1) is 5.75 Å². The van der Waals surface area contributed by atoms with Gasteiger partial charge in [0.2, 0.25) is 0 Å². The van der Waals surface area contributed by atoms with Gasteiger partial charge in [-0.15, -0.1) is 0 Å². The van der Waals surface area contributed by atoms with Crippen LogP contribution in [0.25, 0.3) is 0 Å². The van der Waals surface area contributed by atoms with Crippen LogP contribution in [-0.4, -0.2) is 26.5 Å². The molecular weight excluding hydrogens is 246 g/mol. The molecule has 0 atom stereocenters. The molecule has 0 saturated carbocycles. The molecule has 2 rings (SSSR count). The Morgan fingerprint density at radius 3 is 2.78 bits per heavy atom. The molecule has 3 nitrogen and oxygen atoms in total. The minimum absolute atomic E-state index is 0.215. The first-order valence-corrected chi connectivity index (χ1v) is 8.49. The number of anilines is 1. The molecule has 1 aromatic rings. The molecule has 0 aromatic heterocycles. The van der Waals surface area contributed by atoms with Crippen LogP contribution in [0.1, 0.15) is 30.9 Å². The Kier molecular flexibility index (Phi) is 4.27. The van der Waals surface area contributed by atoms with Crippen LogP contribution in [0.4, 0.5) is 5.69 Å². The van der Waals surface area contributed by atoms with E-state index in [2.05, 4.69) is 23.5 Å². The van der Waals surface area contributed by atoms with Gasteiger partial charge in [0.25, 0.3) is 0 Å². The van der Waals surface area contributed by atoms with Crippen molar-refractivity contribution in [1.82, 2.24) is 0 Å². The van der Waals surface area contributed by atoms with Crippen LogP contribution in [0.2, 0.25) is 0 Å². The van der Waals surface area contributed by atoms with Crippen molar-refractivity contribution in [3.8, 4) is 0 Å².